The molecule has 0 bridgehead atoms. The predicted octanol–water partition coefficient (Wildman–Crippen LogP) is 3.17. The van der Waals surface area contributed by atoms with Crippen LogP contribution in [0.4, 0.5) is 0 Å². The van der Waals surface area contributed by atoms with Crippen molar-refractivity contribution in [2.75, 3.05) is 5.33 Å². The van der Waals surface area contributed by atoms with Crippen molar-refractivity contribution in [2.24, 2.45) is 0 Å². The van der Waals surface area contributed by atoms with Gasteiger partial charge in [-0.2, -0.15) is 0 Å². The number of benzene rings is 1. The summed E-state index contributed by atoms with van der Waals surface area (Å²) in [5.74, 6) is 0. The van der Waals surface area contributed by atoms with Crippen LogP contribution in [0.3, 0.4) is 0 Å². The lowest BCUT2D eigenvalue weighted by molar-refractivity contribution is 1.17. The standard InChI is InChI=1S/C11H10BrN/c12-6-5-9-3-4-10-2-1-7-13-11(10)8-9/h1-4,7-8H,5-6H2. The van der Waals surface area contributed by atoms with Crippen molar-refractivity contribution in [3.05, 3.63) is 42.1 Å². The second-order valence-electron chi connectivity index (χ2n) is 2.97. The molecule has 2 aromatic rings. The van der Waals surface area contributed by atoms with E-state index in [9.17, 15) is 0 Å². The van der Waals surface area contributed by atoms with Gasteiger partial charge >= 0.3 is 0 Å². The number of aromatic nitrogens is 1. The van der Waals surface area contributed by atoms with Gasteiger partial charge in [0.2, 0.25) is 0 Å². The zero-order valence-electron chi connectivity index (χ0n) is 7.20. The maximum absolute atomic E-state index is 4.31. The molecule has 0 unspecified atom stereocenters. The molecule has 2 heteroatoms. The van der Waals surface area contributed by atoms with E-state index >= 15 is 0 Å². The van der Waals surface area contributed by atoms with Crippen LogP contribution in [0.1, 0.15) is 5.56 Å². The second kappa shape index (κ2) is 3.88. The summed E-state index contributed by atoms with van der Waals surface area (Å²) < 4.78 is 0. The first kappa shape index (κ1) is 8.70. The van der Waals surface area contributed by atoms with Crippen LogP contribution in [0, 0.1) is 0 Å². The summed E-state index contributed by atoms with van der Waals surface area (Å²) in [6, 6.07) is 10.5. The maximum Gasteiger partial charge on any atom is 0.0704 e. The lowest BCUT2D eigenvalue weighted by Crippen LogP contribution is -1.86. The highest BCUT2D eigenvalue weighted by Crippen LogP contribution is 2.13. The van der Waals surface area contributed by atoms with Crippen LogP contribution >= 0.6 is 15.9 Å². The fourth-order valence-corrected chi connectivity index (χ4v) is 1.83. The summed E-state index contributed by atoms with van der Waals surface area (Å²) in [7, 11) is 0. The number of hydrogen-bond acceptors (Lipinski definition) is 1. The molecule has 0 aliphatic heterocycles. The predicted molar refractivity (Wildman–Crippen MR) is 59.2 cm³/mol. The normalized spacial score (nSPS) is 10.5. The minimum atomic E-state index is 1.01. The van der Waals surface area contributed by atoms with E-state index in [0.29, 0.717) is 0 Å². The molecular formula is C11H10BrN. The van der Waals surface area contributed by atoms with Gasteiger partial charge in [-0.25, -0.2) is 0 Å². The molecule has 0 atom stereocenters. The number of alkyl halides is 1. The van der Waals surface area contributed by atoms with Gasteiger partial charge in [0.15, 0.2) is 0 Å². The van der Waals surface area contributed by atoms with Gasteiger partial charge in [-0.05, 0) is 24.1 Å². The van der Waals surface area contributed by atoms with E-state index in [1.807, 2.05) is 12.3 Å². The molecule has 0 radical (unpaired) electrons. The molecule has 13 heavy (non-hydrogen) atoms. The van der Waals surface area contributed by atoms with Crippen LogP contribution < -0.4 is 0 Å². The Kier molecular flexibility index (Phi) is 2.60. The Bertz CT molecular complexity index is 412. The molecule has 0 spiro atoms. The molecule has 1 heterocycles. The minimum Gasteiger partial charge on any atom is -0.256 e. The van der Waals surface area contributed by atoms with Crippen LogP contribution in [-0.4, -0.2) is 10.3 Å². The van der Waals surface area contributed by atoms with E-state index < -0.39 is 0 Å². The minimum absolute atomic E-state index is 1.01. The highest BCUT2D eigenvalue weighted by molar-refractivity contribution is 9.09. The van der Waals surface area contributed by atoms with E-state index in [1.54, 1.807) is 0 Å². The molecule has 0 amide bonds. The van der Waals surface area contributed by atoms with E-state index in [4.69, 9.17) is 0 Å². The Morgan fingerprint density at radius 2 is 2.15 bits per heavy atom. The number of rotatable bonds is 2. The molecule has 66 valence electrons. The average Bonchev–Trinajstić information content (AvgIpc) is 2.18. The SMILES string of the molecule is BrCCc1ccc2cccnc2c1. The number of hydrogen-bond donors (Lipinski definition) is 0. The summed E-state index contributed by atoms with van der Waals surface area (Å²) in [4.78, 5) is 4.31. The quantitative estimate of drug-likeness (QED) is 0.730. The largest absolute Gasteiger partial charge is 0.256 e. The number of nitrogens with zero attached hydrogens (tertiary/aromatic N) is 1. The van der Waals surface area contributed by atoms with Crippen molar-refractivity contribution < 1.29 is 0 Å². The first-order valence-electron chi connectivity index (χ1n) is 4.30. The molecular weight excluding hydrogens is 226 g/mol. The van der Waals surface area contributed by atoms with Gasteiger partial charge in [0, 0.05) is 16.9 Å². The summed E-state index contributed by atoms with van der Waals surface area (Å²) in [6.45, 7) is 0. The lowest BCUT2D eigenvalue weighted by Gasteiger charge is -2.00. The highest BCUT2D eigenvalue weighted by Gasteiger charge is 1.95. The molecule has 0 aliphatic carbocycles. The van der Waals surface area contributed by atoms with Gasteiger partial charge in [-0.15, -0.1) is 0 Å². The van der Waals surface area contributed by atoms with Crippen molar-refractivity contribution in [3.8, 4) is 0 Å². The first-order valence-corrected chi connectivity index (χ1v) is 5.42. The zero-order valence-corrected chi connectivity index (χ0v) is 8.79. The number of pyridine rings is 1. The molecule has 0 fully saturated rings. The molecule has 0 N–H and O–H groups in total. The maximum atomic E-state index is 4.31. The monoisotopic (exact) mass is 235 g/mol. The van der Waals surface area contributed by atoms with Gasteiger partial charge in [0.25, 0.3) is 0 Å². The third kappa shape index (κ3) is 1.89. The molecule has 1 aromatic heterocycles. The van der Waals surface area contributed by atoms with Crippen molar-refractivity contribution in [2.45, 2.75) is 6.42 Å². The molecule has 1 aromatic carbocycles. The summed E-state index contributed by atoms with van der Waals surface area (Å²) in [5.41, 5.74) is 2.42. The van der Waals surface area contributed by atoms with Crippen LogP contribution in [-0.2, 0) is 6.42 Å². The van der Waals surface area contributed by atoms with Crippen LogP contribution in [0.15, 0.2) is 36.5 Å². The van der Waals surface area contributed by atoms with E-state index in [1.165, 1.54) is 10.9 Å². The van der Waals surface area contributed by atoms with Gasteiger partial charge in [-0.3, -0.25) is 4.98 Å². The number of aryl methyl sites for hydroxylation is 1. The fraction of sp³-hybridized carbons (Fsp3) is 0.182. The van der Waals surface area contributed by atoms with Crippen LogP contribution in [0.2, 0.25) is 0 Å². The highest BCUT2D eigenvalue weighted by atomic mass is 79.9. The smallest absolute Gasteiger partial charge is 0.0704 e. The van der Waals surface area contributed by atoms with Gasteiger partial charge in [0.1, 0.15) is 0 Å². The zero-order chi connectivity index (χ0) is 9.10. The Morgan fingerprint density at radius 1 is 1.23 bits per heavy atom. The molecule has 1 nitrogen and oxygen atoms in total. The van der Waals surface area contributed by atoms with E-state index in [0.717, 1.165) is 17.3 Å². The summed E-state index contributed by atoms with van der Waals surface area (Å²) in [6.07, 6.45) is 2.90. The van der Waals surface area contributed by atoms with Gasteiger partial charge < -0.3 is 0 Å². The average molecular weight is 236 g/mol. The first-order chi connectivity index (χ1) is 6.40. The molecule has 2 rings (SSSR count). The van der Waals surface area contributed by atoms with Crippen LogP contribution in [0.5, 0.6) is 0 Å². The molecule has 0 saturated heterocycles. The molecule has 0 saturated carbocycles. The Hall–Kier alpha value is -0.890. The van der Waals surface area contributed by atoms with Crippen LogP contribution in [0.25, 0.3) is 10.9 Å². The number of fused-ring (bicyclic) bond motifs is 1. The summed E-state index contributed by atoms with van der Waals surface area (Å²) in [5, 5.41) is 2.21. The Morgan fingerprint density at radius 3 is 3.00 bits per heavy atom. The third-order valence-corrected chi connectivity index (χ3v) is 2.45. The van der Waals surface area contributed by atoms with Crippen molar-refractivity contribution in [1.82, 2.24) is 4.98 Å². The summed E-state index contributed by atoms with van der Waals surface area (Å²) >= 11 is 3.43. The Balaban J connectivity index is 2.49. The Labute approximate surface area is 85.9 Å². The van der Waals surface area contributed by atoms with Crippen molar-refractivity contribution in [3.63, 3.8) is 0 Å². The molecule has 0 aliphatic rings. The van der Waals surface area contributed by atoms with Crippen molar-refractivity contribution >= 4 is 26.8 Å². The van der Waals surface area contributed by atoms with E-state index in [-0.39, 0.29) is 0 Å². The van der Waals surface area contributed by atoms with Crippen molar-refractivity contribution in [1.29, 1.82) is 0 Å². The number of halogens is 1. The van der Waals surface area contributed by atoms with Gasteiger partial charge in [-0.1, -0.05) is 34.1 Å². The second-order valence-corrected chi connectivity index (χ2v) is 3.76. The topological polar surface area (TPSA) is 12.9 Å². The van der Waals surface area contributed by atoms with E-state index in [2.05, 4.69) is 45.2 Å². The van der Waals surface area contributed by atoms with Gasteiger partial charge in [0.05, 0.1) is 5.52 Å². The lowest BCUT2D eigenvalue weighted by atomic mass is 10.1. The third-order valence-electron chi connectivity index (χ3n) is 2.05. The fourth-order valence-electron chi connectivity index (χ4n) is 1.38.